The summed E-state index contributed by atoms with van der Waals surface area (Å²) >= 11 is 1.24. The number of anilines is 1. The van der Waals surface area contributed by atoms with E-state index in [2.05, 4.69) is 52.8 Å². The van der Waals surface area contributed by atoms with Gasteiger partial charge in [0.25, 0.3) is 0 Å². The molecular formula is C64H86N12O18S2. The lowest BCUT2D eigenvalue weighted by Crippen LogP contribution is -2.56. The number of para-hydroxylation sites is 1. The lowest BCUT2D eigenvalue weighted by atomic mass is 9.85. The lowest BCUT2D eigenvalue weighted by Gasteiger charge is -2.32. The highest BCUT2D eigenvalue weighted by Crippen LogP contribution is 2.32. The fourth-order valence-corrected chi connectivity index (χ4v) is 13.9. The lowest BCUT2D eigenvalue weighted by molar-refractivity contribution is -0.145. The molecular weight excluding hydrogens is 1290 g/mol. The number of amides is 12. The number of benzene rings is 2. The van der Waals surface area contributed by atoms with Crippen LogP contribution in [0.15, 0.2) is 53.6 Å². The number of aromatic amines is 1. The topological polar surface area (TPSA) is 447 Å². The number of nitrogens with one attached hydrogen (secondary N) is 10. The van der Waals surface area contributed by atoms with Crippen LogP contribution >= 0.6 is 11.8 Å². The third-order valence-corrected chi connectivity index (χ3v) is 20.2. The third-order valence-electron chi connectivity index (χ3n) is 17.8. The Morgan fingerprint density at radius 1 is 0.760 bits per heavy atom. The molecule has 0 spiro atoms. The van der Waals surface area contributed by atoms with Crippen molar-refractivity contribution in [3.05, 3.63) is 59.7 Å². The van der Waals surface area contributed by atoms with Crippen molar-refractivity contribution in [3.8, 4) is 0 Å². The number of aliphatic hydroxyl groups excluding tert-OH is 3. The monoisotopic (exact) mass is 1370 g/mol. The zero-order valence-electron chi connectivity index (χ0n) is 54.5. The smallest absolute Gasteiger partial charge is 0.246 e. The van der Waals surface area contributed by atoms with E-state index < -0.39 is 222 Å². The van der Waals surface area contributed by atoms with Gasteiger partial charge in [-0.3, -0.25) is 76.2 Å². The number of aromatic nitrogens is 1. The molecule has 30 nitrogen and oxygen atoms in total. The number of rotatable bonds is 19. The maximum Gasteiger partial charge on any atom is 0.246 e. The van der Waals surface area contributed by atoms with Crippen molar-refractivity contribution >= 4 is 122 Å². The van der Waals surface area contributed by atoms with Crippen LogP contribution in [-0.2, 0) is 90.9 Å². The minimum absolute atomic E-state index is 0.0377. The average Bonchev–Trinajstić information content (AvgIpc) is 1.62. The van der Waals surface area contributed by atoms with E-state index in [0.29, 0.717) is 22.9 Å². The molecule has 2 saturated heterocycles. The first-order valence-corrected chi connectivity index (χ1v) is 34.5. The normalized spacial score (nSPS) is 25.3. The Balaban J connectivity index is 1.14. The first-order chi connectivity index (χ1) is 45.5. The second-order valence-electron chi connectivity index (χ2n) is 25.2. The number of likely N-dealkylation sites (tertiary alicyclic amines) is 1. The minimum atomic E-state index is -2.33. The molecule has 3 aromatic rings. The van der Waals surface area contributed by atoms with Crippen molar-refractivity contribution in [2.24, 2.45) is 29.6 Å². The number of thioether (sulfide) groups is 1. The van der Waals surface area contributed by atoms with E-state index in [1.807, 2.05) is 0 Å². The number of carbonyl (C=O) groups is 14. The molecule has 4 aliphatic rings. The van der Waals surface area contributed by atoms with E-state index in [1.54, 1.807) is 70.3 Å². The van der Waals surface area contributed by atoms with Crippen molar-refractivity contribution in [1.29, 1.82) is 0 Å². The molecule has 0 aliphatic carbocycles. The number of ketones is 2. The molecule has 13 unspecified atom stereocenters. The summed E-state index contributed by atoms with van der Waals surface area (Å²) in [5, 5.41) is 55.5. The molecule has 4 aliphatic heterocycles. The summed E-state index contributed by atoms with van der Waals surface area (Å²) in [6.45, 7) is 6.32. The summed E-state index contributed by atoms with van der Waals surface area (Å²) in [7, 11) is -2.33. The fraction of sp³-hybridized carbons (Fsp3) is 0.562. The van der Waals surface area contributed by atoms with Gasteiger partial charge in [0.05, 0.1) is 71.7 Å². The quantitative estimate of drug-likeness (QED) is 0.0569. The average molecular weight is 1380 g/mol. The molecule has 522 valence electrons. The number of H-pyrrole nitrogens is 1. The zero-order valence-corrected chi connectivity index (χ0v) is 56.1. The second-order valence-corrected chi connectivity index (χ2v) is 27.6. The summed E-state index contributed by atoms with van der Waals surface area (Å²) in [6.07, 6.45) is -4.30. The van der Waals surface area contributed by atoms with Gasteiger partial charge in [0.1, 0.15) is 29.2 Å². The first kappa shape index (κ1) is 74.9. The molecule has 5 heterocycles. The van der Waals surface area contributed by atoms with E-state index in [0.717, 1.165) is 9.80 Å². The van der Waals surface area contributed by atoms with Gasteiger partial charge in [-0.2, -0.15) is 11.8 Å². The number of nitrogens with zero attached hydrogens (tertiary/aromatic N) is 2. The van der Waals surface area contributed by atoms with Crippen LogP contribution in [0.25, 0.3) is 10.9 Å². The van der Waals surface area contributed by atoms with Gasteiger partial charge in [-0.15, -0.1) is 0 Å². The van der Waals surface area contributed by atoms with Crippen molar-refractivity contribution in [1.82, 2.24) is 57.3 Å². The van der Waals surface area contributed by atoms with Crippen LogP contribution in [0.4, 0.5) is 5.69 Å². The van der Waals surface area contributed by atoms with Crippen molar-refractivity contribution in [3.63, 3.8) is 0 Å². The summed E-state index contributed by atoms with van der Waals surface area (Å²) in [4.78, 5) is 199. The number of aliphatic hydroxyl groups is 3. The van der Waals surface area contributed by atoms with Crippen LogP contribution in [0.5, 0.6) is 0 Å². The summed E-state index contributed by atoms with van der Waals surface area (Å²) in [6, 6.07) is 4.23. The largest absolute Gasteiger partial charge is 0.394 e. The molecule has 14 atom stereocenters. The molecule has 32 heteroatoms. The van der Waals surface area contributed by atoms with Crippen LogP contribution in [0.1, 0.15) is 97.6 Å². The highest BCUT2D eigenvalue weighted by molar-refractivity contribution is 8.00. The summed E-state index contributed by atoms with van der Waals surface area (Å²) < 4.78 is 15.0. The molecule has 0 radical (unpaired) electrons. The molecule has 12 amide bonds. The Morgan fingerprint density at radius 3 is 2.09 bits per heavy atom. The molecule has 0 saturated carbocycles. The van der Waals surface area contributed by atoms with E-state index in [4.69, 9.17) is 0 Å². The highest BCUT2D eigenvalue weighted by atomic mass is 32.2. The number of hydrogen-bond acceptors (Lipinski definition) is 19. The minimum Gasteiger partial charge on any atom is -0.394 e. The van der Waals surface area contributed by atoms with E-state index in [1.165, 1.54) is 37.7 Å². The second kappa shape index (κ2) is 34.0. The van der Waals surface area contributed by atoms with Crippen molar-refractivity contribution < 1.29 is 86.7 Å². The van der Waals surface area contributed by atoms with Crippen LogP contribution in [0.3, 0.4) is 0 Å². The van der Waals surface area contributed by atoms with Crippen LogP contribution in [0.2, 0.25) is 0 Å². The molecule has 2 bridgehead atoms. The third kappa shape index (κ3) is 19.2. The number of Topliss-reactive ketones (excluding diaryl/α,β-unsaturated/α-hetero) is 2. The predicted molar refractivity (Wildman–Crippen MR) is 348 cm³/mol. The number of imide groups is 1. The summed E-state index contributed by atoms with van der Waals surface area (Å²) in [5.41, 5.74) is 1.37. The maximum absolute atomic E-state index is 15.1. The highest BCUT2D eigenvalue weighted by Gasteiger charge is 2.46. The Labute approximate surface area is 560 Å². The van der Waals surface area contributed by atoms with Gasteiger partial charge < -0.3 is 73.1 Å². The van der Waals surface area contributed by atoms with Gasteiger partial charge in [0.2, 0.25) is 70.9 Å². The Bertz CT molecular complexity index is 3490. The van der Waals surface area contributed by atoms with Gasteiger partial charge in [-0.1, -0.05) is 71.4 Å². The van der Waals surface area contributed by atoms with E-state index >= 15 is 13.8 Å². The van der Waals surface area contributed by atoms with Crippen LogP contribution < -0.4 is 47.9 Å². The molecule has 1 aromatic heterocycles. The molecule has 7 rings (SSSR count). The molecule has 13 N–H and O–H groups in total. The number of carbonyl (C=O) groups excluding carboxylic acids is 14. The van der Waals surface area contributed by atoms with Gasteiger partial charge >= 0.3 is 0 Å². The first-order valence-electron chi connectivity index (χ1n) is 31.9. The standard InChI is InChI=1S/C64H86N12O18S2/c1-8-32(4)55-60(90)67-26-51(84)70-43-30-96(94)62-41(40-11-9-10-12-42(40)71-62)19-36(58(88)66-27-52(85)73-55)20-46(80)56(33(5)47(81)29-77)74-59(89)44-23-39(78)28-76(44)63(92)37(21-45(43)79)22-50(83)65-25-35-13-15-38(16-14-35)69-57(87)34(6)68-61(91)54(31(2)3)72-49(82)17-18-75-53(86)24-48(95-7)64(75)93/h9-16,31-34,36-37,39,43-44,47-48,54-56,71,77-78,81H,8,17-30H2,1-7H3,(H,65,83)(H,66,88)(H,67,90)(H,68,91)(H,69,87)(H,70,84)(H,72,82)(H,73,85)(H,74,89)/t32?,33?,34-,36?,37?,39?,43?,44?,47?,48?,54?,55?,56?,96?/m0/s1. The van der Waals surface area contributed by atoms with Gasteiger partial charge in [-0.05, 0) is 60.8 Å². The van der Waals surface area contributed by atoms with Crippen LogP contribution in [0, 0.1) is 29.6 Å². The predicted octanol–water partition coefficient (Wildman–Crippen LogP) is -2.15. The number of hydrogen-bond donors (Lipinski definition) is 13. The Kier molecular flexibility index (Phi) is 26.5. The molecule has 2 aromatic carbocycles. The van der Waals surface area contributed by atoms with E-state index in [-0.39, 0.29) is 60.4 Å². The van der Waals surface area contributed by atoms with Crippen LogP contribution in [-0.4, -0.2) is 215 Å². The van der Waals surface area contributed by atoms with E-state index in [9.17, 15) is 72.9 Å². The number of fused-ring (bicyclic) bond motifs is 5. The van der Waals surface area contributed by atoms with Crippen molar-refractivity contribution in [2.45, 2.75) is 158 Å². The zero-order chi connectivity index (χ0) is 70.4. The Morgan fingerprint density at radius 2 is 1.44 bits per heavy atom. The Hall–Kier alpha value is -8.46. The summed E-state index contributed by atoms with van der Waals surface area (Å²) in [5.74, 6) is -16.8. The maximum atomic E-state index is 15.1. The van der Waals surface area contributed by atoms with Gasteiger partial charge in [0, 0.05) is 86.6 Å². The SMILES string of the molecule is CCC(C)C1NC(=O)CNC(=O)C2CC(=O)C(C(C)C(O)CO)NC(=O)C3CC(O)CN3C(=O)C(CC(=O)NCc3ccc(NC(=O)[C@H](C)NC(=O)C(NC(=O)CCN4C(=O)CC(SC)C4=O)C(C)C)cc3)CC(=O)C(CS(=O)c3[nH]c4ccccc4c3C2)NC(=O)CNC1=O. The molecule has 96 heavy (non-hydrogen) atoms. The molecule has 2 fully saturated rings. The fourth-order valence-electron chi connectivity index (χ4n) is 11.9. The van der Waals surface area contributed by atoms with Crippen molar-refractivity contribution in [2.75, 3.05) is 50.1 Å². The van der Waals surface area contributed by atoms with Gasteiger partial charge in [0.15, 0.2) is 11.6 Å². The van der Waals surface area contributed by atoms with Gasteiger partial charge in [-0.25, -0.2) is 0 Å².